The maximum atomic E-state index is 13.4. The van der Waals surface area contributed by atoms with Gasteiger partial charge in [0.15, 0.2) is 17.3 Å². The van der Waals surface area contributed by atoms with Gasteiger partial charge in [0, 0.05) is 17.3 Å². The summed E-state index contributed by atoms with van der Waals surface area (Å²) >= 11 is 1.28. The van der Waals surface area contributed by atoms with Crippen molar-refractivity contribution in [3.63, 3.8) is 0 Å². The van der Waals surface area contributed by atoms with E-state index in [1.54, 1.807) is 26.4 Å². The first-order valence-electron chi connectivity index (χ1n) is 13.4. The number of hydrogen-bond acceptors (Lipinski definition) is 8. The van der Waals surface area contributed by atoms with Crippen molar-refractivity contribution in [1.29, 1.82) is 0 Å². The van der Waals surface area contributed by atoms with Crippen molar-refractivity contribution >= 4 is 34.5 Å². The van der Waals surface area contributed by atoms with Crippen LogP contribution in [0.2, 0.25) is 0 Å². The predicted octanol–water partition coefficient (Wildman–Crippen LogP) is 5.30. The summed E-state index contributed by atoms with van der Waals surface area (Å²) in [5.41, 5.74) is 3.96. The molecule has 6 aromatic rings. The van der Waals surface area contributed by atoms with Crippen LogP contribution in [0.5, 0.6) is 17.2 Å². The summed E-state index contributed by atoms with van der Waals surface area (Å²) in [5, 5.41) is 9.30. The molecule has 0 fully saturated rings. The van der Waals surface area contributed by atoms with Gasteiger partial charge in [-0.1, -0.05) is 54.3 Å². The molecule has 0 saturated heterocycles. The molecule has 43 heavy (non-hydrogen) atoms. The number of benzene rings is 3. The van der Waals surface area contributed by atoms with Gasteiger partial charge in [-0.2, -0.15) is 14.6 Å². The molecule has 214 valence electrons. The zero-order valence-electron chi connectivity index (χ0n) is 23.5. The number of rotatable bonds is 10. The quantitative estimate of drug-likeness (QED) is 0.200. The normalized spacial score (nSPS) is 11.8. The Bertz CT molecular complexity index is 2040. The van der Waals surface area contributed by atoms with E-state index in [1.807, 2.05) is 95.8 Å². The van der Waals surface area contributed by atoms with Gasteiger partial charge < -0.3 is 14.2 Å². The Kier molecular flexibility index (Phi) is 7.84. The Hall–Kier alpha value is -5.48. The van der Waals surface area contributed by atoms with Crippen LogP contribution in [0.4, 0.5) is 0 Å². The average molecular weight is 590 g/mol. The van der Waals surface area contributed by atoms with Gasteiger partial charge in [-0.25, -0.2) is 4.68 Å². The summed E-state index contributed by atoms with van der Waals surface area (Å²) in [7, 11) is 3.18. The maximum Gasteiger partial charge on any atom is 0.291 e. The standard InChI is InChI=1S/C33H27N5O4S/c1-4-18-42-26-14-12-23(13-15-26)31-24(21-37(36-31)25-8-6-5-7-9-25)20-29-32(39)38-33(43-29)34-30(35-38)17-11-22-10-16-27(40-2)28(19-22)41-3/h4-17,19-21H,1,18H2,2-3H3/b17-11+,29-20-. The van der Waals surface area contributed by atoms with E-state index in [1.165, 1.54) is 15.9 Å². The molecule has 0 N–H and O–H groups in total. The van der Waals surface area contributed by atoms with Gasteiger partial charge in [-0.15, -0.1) is 5.10 Å². The van der Waals surface area contributed by atoms with E-state index < -0.39 is 0 Å². The molecule has 0 aliphatic carbocycles. The Balaban J connectivity index is 1.35. The highest BCUT2D eigenvalue weighted by Crippen LogP contribution is 2.29. The van der Waals surface area contributed by atoms with Crippen LogP contribution in [0.3, 0.4) is 0 Å². The van der Waals surface area contributed by atoms with Crippen LogP contribution >= 0.6 is 11.3 Å². The first-order chi connectivity index (χ1) is 21.1. The molecule has 0 unspecified atom stereocenters. The van der Waals surface area contributed by atoms with E-state index in [-0.39, 0.29) is 5.56 Å². The second kappa shape index (κ2) is 12.2. The number of ether oxygens (including phenoxy) is 3. The van der Waals surface area contributed by atoms with Gasteiger partial charge in [0.05, 0.1) is 24.4 Å². The van der Waals surface area contributed by atoms with Crippen molar-refractivity contribution in [2.24, 2.45) is 0 Å². The fourth-order valence-corrected chi connectivity index (χ4v) is 5.39. The van der Waals surface area contributed by atoms with Gasteiger partial charge in [0.2, 0.25) is 4.96 Å². The molecule has 3 aromatic heterocycles. The molecule has 6 rings (SSSR count). The molecule has 0 atom stereocenters. The van der Waals surface area contributed by atoms with Gasteiger partial charge in [-0.3, -0.25) is 4.79 Å². The number of aromatic nitrogens is 5. The van der Waals surface area contributed by atoms with E-state index in [4.69, 9.17) is 19.3 Å². The van der Waals surface area contributed by atoms with E-state index in [0.29, 0.717) is 33.4 Å². The zero-order valence-corrected chi connectivity index (χ0v) is 24.3. The number of para-hydroxylation sites is 1. The summed E-state index contributed by atoms with van der Waals surface area (Å²) in [4.78, 5) is 18.4. The lowest BCUT2D eigenvalue weighted by Gasteiger charge is -2.07. The second-order valence-electron chi connectivity index (χ2n) is 9.37. The Labute approximate surface area is 251 Å². The van der Waals surface area contributed by atoms with E-state index in [9.17, 15) is 4.79 Å². The first kappa shape index (κ1) is 27.7. The minimum absolute atomic E-state index is 0.246. The van der Waals surface area contributed by atoms with Crippen molar-refractivity contribution in [3.05, 3.63) is 123 Å². The highest BCUT2D eigenvalue weighted by atomic mass is 32.1. The van der Waals surface area contributed by atoms with Gasteiger partial charge in [-0.05, 0) is 66.2 Å². The predicted molar refractivity (Wildman–Crippen MR) is 169 cm³/mol. The summed E-state index contributed by atoms with van der Waals surface area (Å²) in [5.74, 6) is 2.44. The average Bonchev–Trinajstić information content (AvgIpc) is 3.74. The molecular weight excluding hydrogens is 562 g/mol. The minimum Gasteiger partial charge on any atom is -0.493 e. The lowest BCUT2D eigenvalue weighted by molar-refractivity contribution is 0.355. The Morgan fingerprint density at radius 1 is 0.930 bits per heavy atom. The summed E-state index contributed by atoms with van der Waals surface area (Å²) in [6.45, 7) is 4.12. The SMILES string of the molecule is C=CCOc1ccc(-c2nn(-c3ccccc3)cc2/C=c2\sc3nc(/C=C/c4ccc(OC)c(OC)c4)nn3c2=O)cc1. The second-order valence-corrected chi connectivity index (χ2v) is 10.4. The first-order valence-corrected chi connectivity index (χ1v) is 14.2. The molecule has 0 radical (unpaired) electrons. The Morgan fingerprint density at radius 3 is 2.44 bits per heavy atom. The van der Waals surface area contributed by atoms with Crippen molar-refractivity contribution in [2.45, 2.75) is 0 Å². The number of nitrogens with zero attached hydrogens (tertiary/aromatic N) is 5. The fraction of sp³-hybridized carbons (Fsp3) is 0.0909. The molecule has 0 saturated carbocycles. The van der Waals surface area contributed by atoms with Crippen molar-refractivity contribution in [2.75, 3.05) is 20.8 Å². The van der Waals surface area contributed by atoms with E-state index >= 15 is 0 Å². The van der Waals surface area contributed by atoms with Crippen molar-refractivity contribution in [3.8, 4) is 34.2 Å². The third-order valence-electron chi connectivity index (χ3n) is 6.58. The van der Waals surface area contributed by atoms with Crippen molar-refractivity contribution < 1.29 is 14.2 Å². The number of fused-ring (bicyclic) bond motifs is 1. The van der Waals surface area contributed by atoms with E-state index in [2.05, 4.69) is 16.7 Å². The zero-order chi connectivity index (χ0) is 29.8. The van der Waals surface area contributed by atoms with Crippen LogP contribution in [-0.2, 0) is 0 Å². The summed E-state index contributed by atoms with van der Waals surface area (Å²) in [6.07, 6.45) is 9.07. The third kappa shape index (κ3) is 5.81. The van der Waals surface area contributed by atoms with E-state index in [0.717, 1.165) is 33.8 Å². The smallest absolute Gasteiger partial charge is 0.291 e. The van der Waals surface area contributed by atoms with Crippen molar-refractivity contribution in [1.82, 2.24) is 24.4 Å². The number of methoxy groups -OCH3 is 2. The van der Waals surface area contributed by atoms with Crippen LogP contribution in [0, 0.1) is 0 Å². The molecule has 10 heteroatoms. The molecule has 9 nitrogen and oxygen atoms in total. The molecule has 3 heterocycles. The van der Waals surface area contributed by atoms with Crippen LogP contribution in [0.25, 0.3) is 40.1 Å². The molecule has 0 aliphatic heterocycles. The highest BCUT2D eigenvalue weighted by Gasteiger charge is 2.14. The molecule has 0 amide bonds. The molecule has 0 spiro atoms. The highest BCUT2D eigenvalue weighted by molar-refractivity contribution is 7.15. The minimum atomic E-state index is -0.246. The van der Waals surface area contributed by atoms with Gasteiger partial charge in [0.25, 0.3) is 5.56 Å². The number of thiazole rings is 1. The Morgan fingerprint density at radius 2 is 1.72 bits per heavy atom. The van der Waals surface area contributed by atoms with Gasteiger partial charge in [0.1, 0.15) is 18.1 Å². The largest absolute Gasteiger partial charge is 0.493 e. The lowest BCUT2D eigenvalue weighted by atomic mass is 10.1. The number of hydrogen-bond donors (Lipinski definition) is 0. The lowest BCUT2D eigenvalue weighted by Crippen LogP contribution is -2.23. The third-order valence-corrected chi connectivity index (χ3v) is 7.54. The van der Waals surface area contributed by atoms with Crippen LogP contribution < -0.4 is 24.3 Å². The summed E-state index contributed by atoms with van der Waals surface area (Å²) in [6, 6.07) is 23.1. The molecule has 0 aliphatic rings. The molecular formula is C33H27N5O4S. The van der Waals surface area contributed by atoms with Crippen LogP contribution in [0.1, 0.15) is 17.0 Å². The van der Waals surface area contributed by atoms with Crippen LogP contribution in [-0.4, -0.2) is 45.2 Å². The van der Waals surface area contributed by atoms with Crippen LogP contribution in [0.15, 0.2) is 96.4 Å². The molecule has 3 aromatic carbocycles. The topological polar surface area (TPSA) is 92.8 Å². The fourth-order valence-electron chi connectivity index (χ4n) is 4.48. The molecule has 0 bridgehead atoms. The van der Waals surface area contributed by atoms with Gasteiger partial charge >= 0.3 is 0 Å². The maximum absolute atomic E-state index is 13.4. The monoisotopic (exact) mass is 589 g/mol. The summed E-state index contributed by atoms with van der Waals surface area (Å²) < 4.78 is 19.9.